The Morgan fingerprint density at radius 2 is 1.94 bits per heavy atom. The molecule has 2 amide bonds. The molecule has 98 valence electrons. The number of rotatable bonds is 1. The predicted molar refractivity (Wildman–Crippen MR) is 67.3 cm³/mol. The number of hydrogen-bond donors (Lipinski definition) is 2. The van der Waals surface area contributed by atoms with Gasteiger partial charge in [0.1, 0.15) is 0 Å². The first-order chi connectivity index (χ1) is 8.58. The van der Waals surface area contributed by atoms with E-state index in [1.54, 1.807) is 6.08 Å². The van der Waals surface area contributed by atoms with Gasteiger partial charge in [0.25, 0.3) is 0 Å². The van der Waals surface area contributed by atoms with E-state index < -0.39 is 0 Å². The van der Waals surface area contributed by atoms with Crippen molar-refractivity contribution in [2.75, 3.05) is 0 Å². The summed E-state index contributed by atoms with van der Waals surface area (Å²) < 4.78 is 0. The van der Waals surface area contributed by atoms with E-state index in [0.717, 1.165) is 0 Å². The first-order valence-corrected chi connectivity index (χ1v) is 6.12. The van der Waals surface area contributed by atoms with Crippen LogP contribution in [0, 0.1) is 0 Å². The Morgan fingerprint density at radius 1 is 1.28 bits per heavy atom. The molecule has 2 aliphatic rings. The summed E-state index contributed by atoms with van der Waals surface area (Å²) in [7, 11) is 0. The van der Waals surface area contributed by atoms with Crippen molar-refractivity contribution in [3.05, 3.63) is 23.0 Å². The van der Waals surface area contributed by atoms with Gasteiger partial charge in [0.2, 0.25) is 17.6 Å². The SMILES string of the molecule is CC.CC(=O)NC1=CCC2=C(CCC(=O)N2)C1=O. The predicted octanol–water partition coefficient (Wildman–Crippen LogP) is 1.17. The standard InChI is InChI=1S/C11H12N2O3.C2H6/c1-6(14)12-9-4-3-8-7(11(9)16)2-5-10(15)13-8;1-2/h4H,2-3,5H2,1H3,(H,12,14)(H,13,15);1-2H3. The third-order valence-corrected chi connectivity index (χ3v) is 2.60. The van der Waals surface area contributed by atoms with E-state index >= 15 is 0 Å². The lowest BCUT2D eigenvalue weighted by molar-refractivity contribution is -0.122. The van der Waals surface area contributed by atoms with E-state index in [1.807, 2.05) is 13.8 Å². The lowest BCUT2D eigenvalue weighted by Gasteiger charge is -2.24. The average Bonchev–Trinajstić information content (AvgIpc) is 2.35. The summed E-state index contributed by atoms with van der Waals surface area (Å²) in [5.41, 5.74) is 1.61. The Kier molecular flexibility index (Phi) is 4.83. The molecule has 0 bridgehead atoms. The fourth-order valence-corrected chi connectivity index (χ4v) is 1.88. The molecule has 5 heteroatoms. The highest BCUT2D eigenvalue weighted by Gasteiger charge is 2.28. The Morgan fingerprint density at radius 3 is 2.56 bits per heavy atom. The molecular weight excluding hydrogens is 232 g/mol. The van der Waals surface area contributed by atoms with Crippen LogP contribution in [0.4, 0.5) is 0 Å². The summed E-state index contributed by atoms with van der Waals surface area (Å²) in [6.07, 6.45) is 2.91. The first kappa shape index (κ1) is 14.2. The molecule has 0 saturated heterocycles. The van der Waals surface area contributed by atoms with Crippen molar-refractivity contribution in [1.82, 2.24) is 10.6 Å². The molecule has 0 spiro atoms. The molecule has 2 rings (SSSR count). The van der Waals surface area contributed by atoms with Gasteiger partial charge in [-0.05, 0) is 6.42 Å². The van der Waals surface area contributed by atoms with E-state index in [0.29, 0.717) is 36.2 Å². The summed E-state index contributed by atoms with van der Waals surface area (Å²) in [5.74, 6) is -0.497. The van der Waals surface area contributed by atoms with E-state index in [1.165, 1.54) is 6.92 Å². The van der Waals surface area contributed by atoms with Crippen molar-refractivity contribution in [3.63, 3.8) is 0 Å². The Bertz CT molecular complexity index is 447. The van der Waals surface area contributed by atoms with Crippen LogP contribution in [-0.2, 0) is 14.4 Å². The van der Waals surface area contributed by atoms with Crippen LogP contribution >= 0.6 is 0 Å². The molecule has 1 aliphatic heterocycles. The van der Waals surface area contributed by atoms with Crippen molar-refractivity contribution in [3.8, 4) is 0 Å². The number of carbonyl (C=O) groups excluding carboxylic acids is 3. The van der Waals surface area contributed by atoms with Crippen LogP contribution in [0.2, 0.25) is 0 Å². The number of allylic oxidation sites excluding steroid dienone is 2. The van der Waals surface area contributed by atoms with Gasteiger partial charge in [0.15, 0.2) is 0 Å². The van der Waals surface area contributed by atoms with Gasteiger partial charge in [-0.1, -0.05) is 19.9 Å². The van der Waals surface area contributed by atoms with Crippen LogP contribution in [0.1, 0.15) is 40.0 Å². The summed E-state index contributed by atoms with van der Waals surface area (Å²) in [4.78, 5) is 33.9. The molecule has 0 saturated carbocycles. The molecule has 18 heavy (non-hydrogen) atoms. The summed E-state index contributed by atoms with van der Waals surface area (Å²) in [5, 5.41) is 5.19. The second-order valence-electron chi connectivity index (χ2n) is 3.84. The monoisotopic (exact) mass is 250 g/mol. The minimum Gasteiger partial charge on any atom is -0.329 e. The zero-order chi connectivity index (χ0) is 13.7. The second kappa shape index (κ2) is 6.14. The van der Waals surface area contributed by atoms with Crippen molar-refractivity contribution in [2.24, 2.45) is 0 Å². The molecular formula is C13H18N2O3. The Balaban J connectivity index is 0.000000771. The first-order valence-electron chi connectivity index (χ1n) is 6.12. The highest BCUT2D eigenvalue weighted by Crippen LogP contribution is 2.25. The average molecular weight is 250 g/mol. The van der Waals surface area contributed by atoms with Crippen LogP contribution in [0.25, 0.3) is 0 Å². The molecule has 0 aromatic rings. The zero-order valence-corrected chi connectivity index (χ0v) is 10.9. The Hall–Kier alpha value is -1.91. The lowest BCUT2D eigenvalue weighted by atomic mass is 9.91. The second-order valence-corrected chi connectivity index (χ2v) is 3.84. The number of nitrogens with one attached hydrogen (secondary N) is 2. The highest BCUT2D eigenvalue weighted by atomic mass is 16.2. The van der Waals surface area contributed by atoms with Gasteiger partial charge < -0.3 is 10.6 Å². The third kappa shape index (κ3) is 3.06. The number of amides is 2. The van der Waals surface area contributed by atoms with Crippen LogP contribution in [0.3, 0.4) is 0 Å². The maximum Gasteiger partial charge on any atom is 0.224 e. The molecule has 0 aromatic carbocycles. The van der Waals surface area contributed by atoms with Crippen molar-refractivity contribution < 1.29 is 14.4 Å². The van der Waals surface area contributed by atoms with Gasteiger partial charge in [-0.3, -0.25) is 14.4 Å². The van der Waals surface area contributed by atoms with Crippen molar-refractivity contribution >= 4 is 17.6 Å². The number of Topliss-reactive ketones (excluding diaryl/α,β-unsaturated/α-hetero) is 1. The number of hydrogen-bond acceptors (Lipinski definition) is 3. The molecule has 0 aromatic heterocycles. The zero-order valence-electron chi connectivity index (χ0n) is 10.9. The molecule has 0 fully saturated rings. The fourth-order valence-electron chi connectivity index (χ4n) is 1.88. The quantitative estimate of drug-likeness (QED) is 0.733. The number of ketones is 1. The highest BCUT2D eigenvalue weighted by molar-refractivity contribution is 6.12. The molecule has 2 N–H and O–H groups in total. The van der Waals surface area contributed by atoms with Crippen LogP contribution in [-0.4, -0.2) is 17.6 Å². The van der Waals surface area contributed by atoms with Crippen LogP contribution < -0.4 is 10.6 Å². The van der Waals surface area contributed by atoms with Gasteiger partial charge >= 0.3 is 0 Å². The smallest absolute Gasteiger partial charge is 0.224 e. The van der Waals surface area contributed by atoms with Crippen LogP contribution in [0.15, 0.2) is 23.0 Å². The fraction of sp³-hybridized carbons (Fsp3) is 0.462. The maximum absolute atomic E-state index is 11.9. The summed E-state index contributed by atoms with van der Waals surface area (Å²) >= 11 is 0. The van der Waals surface area contributed by atoms with E-state index in [2.05, 4.69) is 10.6 Å². The van der Waals surface area contributed by atoms with E-state index in [4.69, 9.17) is 0 Å². The van der Waals surface area contributed by atoms with Gasteiger partial charge in [-0.15, -0.1) is 0 Å². The minimum atomic E-state index is -0.261. The molecule has 5 nitrogen and oxygen atoms in total. The normalized spacial score (nSPS) is 18.1. The van der Waals surface area contributed by atoms with Gasteiger partial charge in [0, 0.05) is 31.0 Å². The lowest BCUT2D eigenvalue weighted by Crippen LogP contribution is -2.35. The van der Waals surface area contributed by atoms with Gasteiger partial charge in [-0.2, -0.15) is 0 Å². The van der Waals surface area contributed by atoms with E-state index in [9.17, 15) is 14.4 Å². The van der Waals surface area contributed by atoms with Crippen molar-refractivity contribution in [1.29, 1.82) is 0 Å². The maximum atomic E-state index is 11.9. The van der Waals surface area contributed by atoms with Gasteiger partial charge in [0.05, 0.1) is 5.70 Å². The topological polar surface area (TPSA) is 75.3 Å². The molecule has 0 radical (unpaired) electrons. The molecule has 0 unspecified atom stereocenters. The number of carbonyl (C=O) groups is 3. The van der Waals surface area contributed by atoms with E-state index in [-0.39, 0.29) is 17.6 Å². The summed E-state index contributed by atoms with van der Waals surface area (Å²) in [6.45, 7) is 5.36. The Labute approximate surface area is 106 Å². The summed E-state index contributed by atoms with van der Waals surface area (Å²) in [6, 6.07) is 0. The minimum absolute atomic E-state index is 0.0528. The third-order valence-electron chi connectivity index (χ3n) is 2.60. The van der Waals surface area contributed by atoms with Crippen LogP contribution in [0.5, 0.6) is 0 Å². The molecule has 1 aliphatic carbocycles. The largest absolute Gasteiger partial charge is 0.329 e. The molecule has 1 heterocycles. The molecule has 0 atom stereocenters. The van der Waals surface area contributed by atoms with Gasteiger partial charge in [-0.25, -0.2) is 0 Å². The van der Waals surface area contributed by atoms with Crippen molar-refractivity contribution in [2.45, 2.75) is 40.0 Å².